The zero-order valence-electron chi connectivity index (χ0n) is 15.6. The highest BCUT2D eigenvalue weighted by atomic mass is 16.2. The van der Waals surface area contributed by atoms with E-state index in [1.807, 2.05) is 41.3 Å². The predicted molar refractivity (Wildman–Crippen MR) is 108 cm³/mol. The number of nitrogens with zero attached hydrogens (tertiary/aromatic N) is 4. The van der Waals surface area contributed by atoms with Crippen LogP contribution in [0.2, 0.25) is 0 Å². The number of hydrogen-bond acceptors (Lipinski definition) is 5. The third kappa shape index (κ3) is 3.64. The number of pyridine rings is 2. The number of fused-ring (bicyclic) bond motifs is 1. The second kappa shape index (κ2) is 7.64. The Balaban J connectivity index is 1.51. The second-order valence-electron chi connectivity index (χ2n) is 6.76. The number of benzene rings is 1. The smallest absolute Gasteiger partial charge is 0.257 e. The third-order valence-electron chi connectivity index (χ3n) is 4.96. The maximum atomic E-state index is 12.8. The number of rotatable bonds is 3. The van der Waals surface area contributed by atoms with Crippen molar-refractivity contribution in [2.24, 2.45) is 0 Å². The van der Waals surface area contributed by atoms with Gasteiger partial charge in [0.15, 0.2) is 0 Å². The van der Waals surface area contributed by atoms with E-state index in [9.17, 15) is 9.59 Å². The first-order valence-electron chi connectivity index (χ1n) is 9.22. The number of aromatic nitrogens is 2. The van der Waals surface area contributed by atoms with E-state index in [1.54, 1.807) is 25.5 Å². The topological polar surface area (TPSA) is 78.4 Å². The fourth-order valence-corrected chi connectivity index (χ4v) is 3.40. The molecule has 0 aliphatic carbocycles. The molecule has 2 amide bonds. The Morgan fingerprint density at radius 3 is 2.61 bits per heavy atom. The molecular formula is C21H21N5O2. The average molecular weight is 375 g/mol. The van der Waals surface area contributed by atoms with Gasteiger partial charge in [-0.1, -0.05) is 18.2 Å². The van der Waals surface area contributed by atoms with E-state index in [1.165, 1.54) is 0 Å². The number of carbonyl (C=O) groups is 2. The second-order valence-corrected chi connectivity index (χ2v) is 6.76. The Morgan fingerprint density at radius 1 is 1.04 bits per heavy atom. The minimum Gasteiger partial charge on any atom is -0.367 e. The number of hydrogen-bond donors (Lipinski definition) is 1. The van der Waals surface area contributed by atoms with Gasteiger partial charge in [-0.15, -0.1) is 0 Å². The summed E-state index contributed by atoms with van der Waals surface area (Å²) < 4.78 is 0. The number of nitrogens with one attached hydrogen (secondary N) is 1. The van der Waals surface area contributed by atoms with Crippen molar-refractivity contribution in [3.8, 4) is 0 Å². The van der Waals surface area contributed by atoms with E-state index in [0.717, 1.165) is 29.7 Å². The standard InChI is InChI=1S/C21H21N5O2/c1-15(27)25-8-10-26(11-9-25)18-12-17(13-22-14-18)21(28)24-19-6-2-4-16-5-3-7-23-20(16)19/h2-7,12-14H,8-11H2,1H3,(H,24,28). The fraction of sp³-hybridized carbons (Fsp3) is 0.238. The molecule has 4 rings (SSSR count). The summed E-state index contributed by atoms with van der Waals surface area (Å²) in [5.41, 5.74) is 2.79. The Labute approximate surface area is 163 Å². The molecule has 0 unspecified atom stereocenters. The zero-order chi connectivity index (χ0) is 19.5. The van der Waals surface area contributed by atoms with Gasteiger partial charge in [0.1, 0.15) is 0 Å². The van der Waals surface area contributed by atoms with E-state index < -0.39 is 0 Å². The quantitative estimate of drug-likeness (QED) is 0.761. The molecule has 0 radical (unpaired) electrons. The molecule has 1 aliphatic rings. The number of piperazine rings is 1. The molecule has 2 aromatic heterocycles. The van der Waals surface area contributed by atoms with Crippen LogP contribution in [0.15, 0.2) is 55.0 Å². The van der Waals surface area contributed by atoms with Crippen LogP contribution in [0.3, 0.4) is 0 Å². The first-order chi connectivity index (χ1) is 13.6. The highest BCUT2D eigenvalue weighted by Gasteiger charge is 2.20. The molecule has 0 spiro atoms. The van der Waals surface area contributed by atoms with Crippen LogP contribution in [0, 0.1) is 0 Å². The molecule has 7 heteroatoms. The SMILES string of the molecule is CC(=O)N1CCN(c2cncc(C(=O)Nc3cccc4cccnc34)c2)CC1. The molecule has 1 N–H and O–H groups in total. The summed E-state index contributed by atoms with van der Waals surface area (Å²) in [4.78, 5) is 36.9. The van der Waals surface area contributed by atoms with Crippen molar-refractivity contribution in [1.29, 1.82) is 0 Å². The van der Waals surface area contributed by atoms with Gasteiger partial charge in [-0.05, 0) is 18.2 Å². The van der Waals surface area contributed by atoms with Gasteiger partial charge in [-0.25, -0.2) is 0 Å². The van der Waals surface area contributed by atoms with Gasteiger partial charge >= 0.3 is 0 Å². The summed E-state index contributed by atoms with van der Waals surface area (Å²) in [5.74, 6) is -0.135. The summed E-state index contributed by atoms with van der Waals surface area (Å²) in [6.07, 6.45) is 5.02. The lowest BCUT2D eigenvalue weighted by atomic mass is 10.1. The molecule has 0 saturated carbocycles. The van der Waals surface area contributed by atoms with Crippen LogP contribution in [0.1, 0.15) is 17.3 Å². The van der Waals surface area contributed by atoms with Gasteiger partial charge in [0.05, 0.1) is 28.7 Å². The largest absolute Gasteiger partial charge is 0.367 e. The van der Waals surface area contributed by atoms with E-state index >= 15 is 0 Å². The number of anilines is 2. The first-order valence-corrected chi connectivity index (χ1v) is 9.22. The molecule has 1 aliphatic heterocycles. The lowest BCUT2D eigenvalue weighted by Crippen LogP contribution is -2.48. The van der Waals surface area contributed by atoms with Crippen LogP contribution in [0.4, 0.5) is 11.4 Å². The molecule has 1 fully saturated rings. The molecule has 3 heterocycles. The number of amides is 2. The Morgan fingerprint density at radius 2 is 1.82 bits per heavy atom. The van der Waals surface area contributed by atoms with Gasteiger partial charge < -0.3 is 15.1 Å². The summed E-state index contributed by atoms with van der Waals surface area (Å²) in [6, 6.07) is 11.4. The normalized spacial score (nSPS) is 14.2. The van der Waals surface area contributed by atoms with Crippen molar-refractivity contribution < 1.29 is 9.59 Å². The van der Waals surface area contributed by atoms with Gasteiger partial charge in [0.25, 0.3) is 5.91 Å². The Bertz CT molecular complexity index is 1020. The molecule has 1 saturated heterocycles. The van der Waals surface area contributed by atoms with Crippen molar-refractivity contribution in [1.82, 2.24) is 14.9 Å². The van der Waals surface area contributed by atoms with E-state index in [2.05, 4.69) is 20.2 Å². The molecule has 0 bridgehead atoms. The average Bonchev–Trinajstić information content (AvgIpc) is 2.74. The minimum atomic E-state index is -0.227. The highest BCUT2D eigenvalue weighted by molar-refractivity contribution is 6.08. The molecule has 3 aromatic rings. The summed E-state index contributed by atoms with van der Waals surface area (Å²) >= 11 is 0. The van der Waals surface area contributed by atoms with Crippen LogP contribution in [-0.4, -0.2) is 52.9 Å². The fourth-order valence-electron chi connectivity index (χ4n) is 3.40. The van der Waals surface area contributed by atoms with Crippen molar-refractivity contribution in [3.63, 3.8) is 0 Å². The Hall–Kier alpha value is -3.48. The van der Waals surface area contributed by atoms with Gasteiger partial charge in [-0.2, -0.15) is 0 Å². The molecule has 28 heavy (non-hydrogen) atoms. The molecule has 142 valence electrons. The molecular weight excluding hydrogens is 354 g/mol. The molecule has 0 atom stereocenters. The van der Waals surface area contributed by atoms with Crippen LogP contribution < -0.4 is 10.2 Å². The summed E-state index contributed by atoms with van der Waals surface area (Å²) in [7, 11) is 0. The van der Waals surface area contributed by atoms with Gasteiger partial charge in [0, 0.05) is 50.9 Å². The maximum Gasteiger partial charge on any atom is 0.257 e. The number of carbonyl (C=O) groups excluding carboxylic acids is 2. The summed E-state index contributed by atoms with van der Waals surface area (Å²) in [5, 5.41) is 3.91. The van der Waals surface area contributed by atoms with E-state index in [0.29, 0.717) is 24.3 Å². The lowest BCUT2D eigenvalue weighted by Gasteiger charge is -2.35. The summed E-state index contributed by atoms with van der Waals surface area (Å²) in [6.45, 7) is 4.38. The zero-order valence-corrected chi connectivity index (χ0v) is 15.6. The predicted octanol–water partition coefficient (Wildman–Crippen LogP) is 2.55. The van der Waals surface area contributed by atoms with Gasteiger partial charge in [-0.3, -0.25) is 19.6 Å². The van der Waals surface area contributed by atoms with Crippen molar-refractivity contribution >= 4 is 34.1 Å². The molecule has 1 aromatic carbocycles. The maximum absolute atomic E-state index is 12.8. The van der Waals surface area contributed by atoms with Gasteiger partial charge in [0.2, 0.25) is 5.91 Å². The molecule has 7 nitrogen and oxygen atoms in total. The van der Waals surface area contributed by atoms with Crippen molar-refractivity contribution in [2.45, 2.75) is 6.92 Å². The third-order valence-corrected chi connectivity index (χ3v) is 4.96. The van der Waals surface area contributed by atoms with E-state index in [-0.39, 0.29) is 11.8 Å². The lowest BCUT2D eigenvalue weighted by molar-refractivity contribution is -0.129. The monoisotopic (exact) mass is 375 g/mol. The van der Waals surface area contributed by atoms with Crippen LogP contribution in [0.25, 0.3) is 10.9 Å². The van der Waals surface area contributed by atoms with E-state index in [4.69, 9.17) is 0 Å². The minimum absolute atomic E-state index is 0.0922. The highest BCUT2D eigenvalue weighted by Crippen LogP contribution is 2.22. The number of para-hydroxylation sites is 1. The first kappa shape index (κ1) is 17.9. The van der Waals surface area contributed by atoms with Crippen LogP contribution >= 0.6 is 0 Å². The van der Waals surface area contributed by atoms with Crippen LogP contribution in [0.5, 0.6) is 0 Å². The van der Waals surface area contributed by atoms with Crippen molar-refractivity contribution in [2.75, 3.05) is 36.4 Å². The van der Waals surface area contributed by atoms with Crippen molar-refractivity contribution in [3.05, 3.63) is 60.6 Å². The Kier molecular flexibility index (Phi) is 4.89. The van der Waals surface area contributed by atoms with Crippen LogP contribution in [-0.2, 0) is 4.79 Å².